The molecule has 2 aromatic carbocycles. The van der Waals surface area contributed by atoms with Gasteiger partial charge in [0.15, 0.2) is 5.75 Å². The van der Waals surface area contributed by atoms with Gasteiger partial charge in [-0.2, -0.15) is 0 Å². The first-order valence-corrected chi connectivity index (χ1v) is 8.59. The number of esters is 2. The summed E-state index contributed by atoms with van der Waals surface area (Å²) in [6, 6.07) is 12.9. The van der Waals surface area contributed by atoms with Gasteiger partial charge in [0.1, 0.15) is 16.7 Å². The lowest BCUT2D eigenvalue weighted by molar-refractivity contribution is -0.131. The van der Waals surface area contributed by atoms with Crippen LogP contribution in [0, 0.1) is 0 Å². The first-order valence-electron chi connectivity index (χ1n) is 8.59. The van der Waals surface area contributed by atoms with Crippen molar-refractivity contribution >= 4 is 22.9 Å². The lowest BCUT2D eigenvalue weighted by atomic mass is 10.2. The fourth-order valence-corrected chi connectivity index (χ4v) is 2.58. The molecule has 1 aromatic heterocycles. The molecule has 7 nitrogen and oxygen atoms in total. The summed E-state index contributed by atoms with van der Waals surface area (Å²) in [6.45, 7) is 4.81. The molecule has 0 aliphatic rings. The molecule has 0 amide bonds. The van der Waals surface area contributed by atoms with Gasteiger partial charge in [0.25, 0.3) is 5.75 Å². The molecule has 0 saturated heterocycles. The number of hydrogen-bond donors (Lipinski definition) is 0. The molecule has 0 radical (unpaired) electrons. The summed E-state index contributed by atoms with van der Waals surface area (Å²) in [6.07, 6.45) is -0.196. The summed E-state index contributed by atoms with van der Waals surface area (Å²) < 4.78 is 21.5. The predicted molar refractivity (Wildman–Crippen MR) is 101 cm³/mol. The number of rotatable bonds is 5. The first kappa shape index (κ1) is 19.2. The molecule has 1 heterocycles. The van der Waals surface area contributed by atoms with E-state index in [1.807, 2.05) is 13.8 Å². The molecule has 0 N–H and O–H groups in total. The maximum absolute atomic E-state index is 12.5. The van der Waals surface area contributed by atoms with Crippen LogP contribution in [0.25, 0.3) is 11.0 Å². The van der Waals surface area contributed by atoms with Crippen molar-refractivity contribution in [3.05, 3.63) is 64.5 Å². The molecule has 0 bridgehead atoms. The smallest absolute Gasteiger partial charge is 0.383 e. The number of ether oxygens (including phenoxy) is 3. The van der Waals surface area contributed by atoms with Gasteiger partial charge < -0.3 is 18.6 Å². The second-order valence-corrected chi connectivity index (χ2v) is 6.19. The zero-order chi connectivity index (χ0) is 20.3. The third-order valence-electron chi connectivity index (χ3n) is 3.62. The SMILES string of the molecule is CC(=O)Oc1c(OC(=O)c2ccccc2)c(=O)oc2cccc(OC(C)C)c12. The number of hydrogen-bond acceptors (Lipinski definition) is 7. The van der Waals surface area contributed by atoms with Crippen LogP contribution < -0.4 is 19.8 Å². The molecular formula is C21H18O7. The molecule has 0 aliphatic carbocycles. The molecule has 28 heavy (non-hydrogen) atoms. The van der Waals surface area contributed by atoms with Gasteiger partial charge in [0, 0.05) is 6.92 Å². The van der Waals surface area contributed by atoms with E-state index in [9.17, 15) is 14.4 Å². The Hall–Kier alpha value is -3.61. The van der Waals surface area contributed by atoms with E-state index in [0.717, 1.165) is 0 Å². The van der Waals surface area contributed by atoms with Crippen LogP contribution in [0.4, 0.5) is 0 Å². The van der Waals surface area contributed by atoms with Gasteiger partial charge in [-0.05, 0) is 38.1 Å². The highest BCUT2D eigenvalue weighted by Crippen LogP contribution is 2.39. The standard InChI is InChI=1S/C21H18O7/c1-12(2)25-15-10-7-11-16-17(15)18(26-13(3)22)19(21(24)27-16)28-20(23)14-8-5-4-6-9-14/h4-12H,1-3H3. The topological polar surface area (TPSA) is 92.0 Å². The van der Waals surface area contributed by atoms with Crippen molar-refractivity contribution in [1.29, 1.82) is 0 Å². The molecule has 7 heteroatoms. The highest BCUT2D eigenvalue weighted by atomic mass is 16.6. The van der Waals surface area contributed by atoms with Gasteiger partial charge in [0.05, 0.1) is 11.7 Å². The number of carbonyl (C=O) groups excluding carboxylic acids is 2. The maximum atomic E-state index is 12.5. The van der Waals surface area contributed by atoms with Gasteiger partial charge in [-0.1, -0.05) is 24.3 Å². The third-order valence-corrected chi connectivity index (χ3v) is 3.62. The average molecular weight is 382 g/mol. The lowest BCUT2D eigenvalue weighted by Gasteiger charge is -2.15. The number of fused-ring (bicyclic) bond motifs is 1. The normalized spacial score (nSPS) is 10.7. The van der Waals surface area contributed by atoms with Crippen molar-refractivity contribution in [2.45, 2.75) is 26.9 Å². The van der Waals surface area contributed by atoms with E-state index in [1.54, 1.807) is 30.3 Å². The Bertz CT molecular complexity index is 1080. The second kappa shape index (κ2) is 7.96. The Morgan fingerprint density at radius 2 is 1.64 bits per heavy atom. The fraction of sp³-hybridized carbons (Fsp3) is 0.190. The van der Waals surface area contributed by atoms with Crippen LogP contribution >= 0.6 is 0 Å². The van der Waals surface area contributed by atoms with Crippen molar-refractivity contribution in [2.24, 2.45) is 0 Å². The molecule has 3 aromatic rings. The van der Waals surface area contributed by atoms with E-state index in [1.165, 1.54) is 25.1 Å². The van der Waals surface area contributed by atoms with Crippen molar-refractivity contribution in [1.82, 2.24) is 0 Å². The van der Waals surface area contributed by atoms with Gasteiger partial charge in [-0.25, -0.2) is 9.59 Å². The van der Waals surface area contributed by atoms with Crippen LogP contribution in [0.2, 0.25) is 0 Å². The molecule has 0 spiro atoms. The monoisotopic (exact) mass is 382 g/mol. The Morgan fingerprint density at radius 1 is 0.929 bits per heavy atom. The lowest BCUT2D eigenvalue weighted by Crippen LogP contribution is -2.17. The number of carbonyl (C=O) groups is 2. The zero-order valence-electron chi connectivity index (χ0n) is 15.6. The van der Waals surface area contributed by atoms with Crippen molar-refractivity contribution in [2.75, 3.05) is 0 Å². The highest BCUT2D eigenvalue weighted by Gasteiger charge is 2.25. The minimum atomic E-state index is -0.949. The van der Waals surface area contributed by atoms with E-state index in [-0.39, 0.29) is 28.4 Å². The van der Waals surface area contributed by atoms with Crippen molar-refractivity contribution in [3.8, 4) is 17.2 Å². The van der Waals surface area contributed by atoms with Crippen LogP contribution in [0.3, 0.4) is 0 Å². The Kier molecular flexibility index (Phi) is 5.44. The van der Waals surface area contributed by atoms with Crippen LogP contribution in [0.15, 0.2) is 57.7 Å². The van der Waals surface area contributed by atoms with Crippen LogP contribution in [0.5, 0.6) is 17.2 Å². The van der Waals surface area contributed by atoms with E-state index >= 15 is 0 Å². The summed E-state index contributed by atoms with van der Waals surface area (Å²) >= 11 is 0. The van der Waals surface area contributed by atoms with Gasteiger partial charge in [-0.3, -0.25) is 4.79 Å². The molecule has 0 unspecified atom stereocenters. The summed E-state index contributed by atoms with van der Waals surface area (Å²) in [7, 11) is 0. The number of benzene rings is 2. The molecule has 0 aliphatic heterocycles. The largest absolute Gasteiger partial charge is 0.490 e. The summed E-state index contributed by atoms with van der Waals surface area (Å²) in [4.78, 5) is 36.6. The van der Waals surface area contributed by atoms with Crippen molar-refractivity contribution < 1.29 is 28.2 Å². The van der Waals surface area contributed by atoms with Gasteiger partial charge in [0.2, 0.25) is 0 Å². The molecule has 144 valence electrons. The molecule has 3 rings (SSSR count). The summed E-state index contributed by atoms with van der Waals surface area (Å²) in [5.74, 6) is -1.90. The average Bonchev–Trinajstić information content (AvgIpc) is 2.64. The first-order chi connectivity index (χ1) is 13.4. The van der Waals surface area contributed by atoms with E-state index < -0.39 is 23.3 Å². The third kappa shape index (κ3) is 4.03. The molecule has 0 atom stereocenters. The van der Waals surface area contributed by atoms with Gasteiger partial charge in [-0.15, -0.1) is 0 Å². The fourth-order valence-electron chi connectivity index (χ4n) is 2.58. The van der Waals surface area contributed by atoms with E-state index in [0.29, 0.717) is 5.75 Å². The zero-order valence-corrected chi connectivity index (χ0v) is 15.6. The van der Waals surface area contributed by atoms with E-state index in [2.05, 4.69) is 0 Å². The quantitative estimate of drug-likeness (QED) is 0.490. The predicted octanol–water partition coefficient (Wildman–Crippen LogP) is 3.72. The van der Waals surface area contributed by atoms with E-state index in [4.69, 9.17) is 18.6 Å². The Morgan fingerprint density at radius 3 is 2.29 bits per heavy atom. The van der Waals surface area contributed by atoms with Crippen molar-refractivity contribution in [3.63, 3.8) is 0 Å². The molecule has 0 fully saturated rings. The minimum absolute atomic E-state index is 0.138. The Labute approximate surface area is 160 Å². The minimum Gasteiger partial charge on any atom is -0.490 e. The van der Waals surface area contributed by atoms with Crippen LogP contribution in [0.1, 0.15) is 31.1 Å². The second-order valence-electron chi connectivity index (χ2n) is 6.19. The van der Waals surface area contributed by atoms with Gasteiger partial charge >= 0.3 is 17.6 Å². The summed E-state index contributed by atoms with van der Waals surface area (Å²) in [5, 5.41) is 0.224. The molecule has 0 saturated carbocycles. The van der Waals surface area contributed by atoms with Crippen LogP contribution in [-0.2, 0) is 4.79 Å². The Balaban J connectivity index is 2.20. The van der Waals surface area contributed by atoms with Crippen LogP contribution in [-0.4, -0.2) is 18.0 Å². The highest BCUT2D eigenvalue weighted by molar-refractivity contribution is 5.96. The summed E-state index contributed by atoms with van der Waals surface area (Å²) in [5.41, 5.74) is -0.587. The molecular weight excluding hydrogens is 364 g/mol. The maximum Gasteiger partial charge on any atom is 0.383 e.